The average Bonchev–Trinajstić information content (AvgIpc) is 3.93. The predicted octanol–water partition coefficient (Wildman–Crippen LogP) is 14.9. The van der Waals surface area contributed by atoms with E-state index in [1.165, 1.54) is 38.1 Å². The second-order valence-electron chi connectivity index (χ2n) is 14.5. The van der Waals surface area contributed by atoms with Gasteiger partial charge in [0.25, 0.3) is 0 Å². The normalized spacial score (nSPS) is 11.9. The highest BCUT2D eigenvalue weighted by atomic mass is 16.3. The van der Waals surface area contributed by atoms with E-state index in [4.69, 9.17) is 8.83 Å². The van der Waals surface area contributed by atoms with Crippen molar-refractivity contribution in [2.75, 3.05) is 4.90 Å². The molecular weight excluding hydrogens is 685 g/mol. The van der Waals surface area contributed by atoms with Crippen LogP contribution in [0.25, 0.3) is 93.3 Å². The standard InChI is InChI=1S/C52H32N2O2/c1-2-11-35-30-38(26-22-33(35)10-1)54-45-15-6-3-12-40(45)43-31-36(23-28-46(43)54)34-20-24-37(25-21-34)53(39-27-29-50-44(32-39)41-13-4-7-17-48(41)55-50)47-16-9-19-51-52(47)42-14-5-8-18-49(42)56-51/h1-32H. The highest BCUT2D eigenvalue weighted by Gasteiger charge is 2.21. The van der Waals surface area contributed by atoms with Crippen molar-refractivity contribution in [3.8, 4) is 16.8 Å². The largest absolute Gasteiger partial charge is 0.456 e. The van der Waals surface area contributed by atoms with E-state index in [9.17, 15) is 0 Å². The van der Waals surface area contributed by atoms with Gasteiger partial charge in [0, 0.05) is 44.0 Å². The minimum atomic E-state index is 0.858. The van der Waals surface area contributed by atoms with Crippen LogP contribution in [0.4, 0.5) is 17.1 Å². The van der Waals surface area contributed by atoms with Gasteiger partial charge in [0.2, 0.25) is 0 Å². The molecule has 0 atom stereocenters. The van der Waals surface area contributed by atoms with E-state index in [0.717, 1.165) is 72.2 Å². The number of anilines is 3. The van der Waals surface area contributed by atoms with Gasteiger partial charge in [-0.3, -0.25) is 0 Å². The SMILES string of the molecule is c1ccc2cc(-n3c4ccccc4c4cc(-c5ccc(N(c6ccc7oc8ccccc8c7c6)c6cccc7oc8ccccc8c67)cc5)ccc43)ccc2c1. The lowest BCUT2D eigenvalue weighted by Gasteiger charge is -2.26. The van der Waals surface area contributed by atoms with Crippen LogP contribution in [-0.2, 0) is 0 Å². The second-order valence-corrected chi connectivity index (χ2v) is 14.5. The molecule has 0 aliphatic rings. The Morgan fingerprint density at radius 2 is 1.00 bits per heavy atom. The van der Waals surface area contributed by atoms with Gasteiger partial charge >= 0.3 is 0 Å². The van der Waals surface area contributed by atoms with Crippen molar-refractivity contribution in [1.82, 2.24) is 4.57 Å². The summed E-state index contributed by atoms with van der Waals surface area (Å²) in [7, 11) is 0. The summed E-state index contributed by atoms with van der Waals surface area (Å²) in [6, 6.07) is 69.2. The van der Waals surface area contributed by atoms with Crippen LogP contribution in [0.5, 0.6) is 0 Å². The number of furan rings is 2. The quantitative estimate of drug-likeness (QED) is 0.178. The van der Waals surface area contributed by atoms with Gasteiger partial charge in [0.1, 0.15) is 22.3 Å². The molecule has 3 aromatic heterocycles. The van der Waals surface area contributed by atoms with Gasteiger partial charge in [-0.2, -0.15) is 0 Å². The third kappa shape index (κ3) is 4.66. The van der Waals surface area contributed by atoms with E-state index in [-0.39, 0.29) is 0 Å². The number of rotatable bonds is 5. The topological polar surface area (TPSA) is 34.5 Å². The average molecular weight is 717 g/mol. The molecule has 0 saturated heterocycles. The highest BCUT2D eigenvalue weighted by Crippen LogP contribution is 2.45. The minimum absolute atomic E-state index is 0.858. The fraction of sp³-hybridized carbons (Fsp3) is 0. The Balaban J connectivity index is 1.01. The lowest BCUT2D eigenvalue weighted by atomic mass is 10.0. The molecule has 4 nitrogen and oxygen atoms in total. The van der Waals surface area contributed by atoms with Crippen LogP contribution < -0.4 is 4.90 Å². The van der Waals surface area contributed by atoms with Crippen molar-refractivity contribution in [3.63, 3.8) is 0 Å². The van der Waals surface area contributed by atoms with Gasteiger partial charge in [0.05, 0.1) is 22.1 Å². The molecule has 56 heavy (non-hydrogen) atoms. The maximum absolute atomic E-state index is 6.38. The summed E-state index contributed by atoms with van der Waals surface area (Å²) in [6.07, 6.45) is 0. The van der Waals surface area contributed by atoms with Crippen LogP contribution in [-0.4, -0.2) is 4.57 Å². The zero-order chi connectivity index (χ0) is 36.7. The summed E-state index contributed by atoms with van der Waals surface area (Å²) in [5, 5.41) is 9.30. The van der Waals surface area contributed by atoms with E-state index in [0.29, 0.717) is 0 Å². The van der Waals surface area contributed by atoms with Crippen molar-refractivity contribution in [2.24, 2.45) is 0 Å². The molecule has 0 aliphatic carbocycles. The maximum atomic E-state index is 6.38. The third-order valence-electron chi connectivity index (χ3n) is 11.4. The molecule has 0 saturated carbocycles. The monoisotopic (exact) mass is 716 g/mol. The molecule has 9 aromatic carbocycles. The molecule has 4 heteroatoms. The third-order valence-corrected chi connectivity index (χ3v) is 11.4. The fourth-order valence-corrected chi connectivity index (χ4v) is 8.77. The predicted molar refractivity (Wildman–Crippen MR) is 233 cm³/mol. The Bertz CT molecular complexity index is 3490. The fourth-order valence-electron chi connectivity index (χ4n) is 8.77. The Morgan fingerprint density at radius 3 is 1.88 bits per heavy atom. The van der Waals surface area contributed by atoms with Crippen molar-refractivity contribution < 1.29 is 8.83 Å². The van der Waals surface area contributed by atoms with Crippen LogP contribution in [0, 0.1) is 0 Å². The van der Waals surface area contributed by atoms with Crippen molar-refractivity contribution in [2.45, 2.75) is 0 Å². The number of para-hydroxylation sites is 3. The summed E-state index contributed by atoms with van der Waals surface area (Å²) in [4.78, 5) is 2.34. The molecule has 12 rings (SSSR count). The smallest absolute Gasteiger partial charge is 0.137 e. The number of aromatic nitrogens is 1. The number of benzene rings is 9. The van der Waals surface area contributed by atoms with E-state index >= 15 is 0 Å². The number of nitrogens with zero attached hydrogens (tertiary/aromatic N) is 2. The zero-order valence-corrected chi connectivity index (χ0v) is 30.2. The van der Waals surface area contributed by atoms with Gasteiger partial charge in [-0.1, -0.05) is 109 Å². The molecular formula is C52H32N2O2. The Hall–Kier alpha value is -7.56. The second kappa shape index (κ2) is 12.0. The molecule has 0 amide bonds. The van der Waals surface area contributed by atoms with Crippen LogP contribution in [0.1, 0.15) is 0 Å². The van der Waals surface area contributed by atoms with Gasteiger partial charge in [-0.05, 0) is 107 Å². The van der Waals surface area contributed by atoms with Crippen LogP contribution in [0.15, 0.2) is 203 Å². The summed E-state index contributed by atoms with van der Waals surface area (Å²) in [6.45, 7) is 0. The molecule has 0 aliphatic heterocycles. The molecule has 0 radical (unpaired) electrons. The van der Waals surface area contributed by atoms with E-state index in [1.54, 1.807) is 0 Å². The first-order valence-corrected chi connectivity index (χ1v) is 19.0. The summed E-state index contributed by atoms with van der Waals surface area (Å²) >= 11 is 0. The minimum Gasteiger partial charge on any atom is -0.456 e. The number of hydrogen-bond acceptors (Lipinski definition) is 3. The maximum Gasteiger partial charge on any atom is 0.137 e. The lowest BCUT2D eigenvalue weighted by Crippen LogP contribution is -2.10. The molecule has 0 N–H and O–H groups in total. The van der Waals surface area contributed by atoms with E-state index < -0.39 is 0 Å². The Labute approximate surface area is 321 Å². The van der Waals surface area contributed by atoms with Crippen LogP contribution in [0.3, 0.4) is 0 Å². The molecule has 0 unspecified atom stereocenters. The van der Waals surface area contributed by atoms with Crippen molar-refractivity contribution >= 4 is 93.5 Å². The van der Waals surface area contributed by atoms with Gasteiger partial charge in [-0.15, -0.1) is 0 Å². The molecule has 262 valence electrons. The summed E-state index contributed by atoms with van der Waals surface area (Å²) < 4.78 is 15.0. The number of fused-ring (bicyclic) bond motifs is 10. The van der Waals surface area contributed by atoms with E-state index in [2.05, 4.69) is 179 Å². The van der Waals surface area contributed by atoms with Gasteiger partial charge in [-0.25, -0.2) is 0 Å². The van der Waals surface area contributed by atoms with Gasteiger partial charge in [0.15, 0.2) is 0 Å². The van der Waals surface area contributed by atoms with Crippen LogP contribution >= 0.6 is 0 Å². The Kier molecular flexibility index (Phi) is 6.60. The first kappa shape index (κ1) is 30.9. The van der Waals surface area contributed by atoms with Crippen molar-refractivity contribution in [1.29, 1.82) is 0 Å². The molecule has 0 bridgehead atoms. The highest BCUT2D eigenvalue weighted by molar-refractivity contribution is 6.14. The molecule has 0 spiro atoms. The van der Waals surface area contributed by atoms with Crippen LogP contribution in [0.2, 0.25) is 0 Å². The van der Waals surface area contributed by atoms with E-state index in [1.807, 2.05) is 24.3 Å². The summed E-state index contributed by atoms with van der Waals surface area (Å²) in [5.41, 5.74) is 12.5. The van der Waals surface area contributed by atoms with Gasteiger partial charge < -0.3 is 18.3 Å². The zero-order valence-electron chi connectivity index (χ0n) is 30.2. The Morgan fingerprint density at radius 1 is 0.357 bits per heavy atom. The summed E-state index contributed by atoms with van der Waals surface area (Å²) in [5.74, 6) is 0. The molecule has 3 heterocycles. The molecule has 12 aromatic rings. The van der Waals surface area contributed by atoms with Crippen molar-refractivity contribution in [3.05, 3.63) is 194 Å². The lowest BCUT2D eigenvalue weighted by molar-refractivity contribution is 0.668. The first-order valence-electron chi connectivity index (χ1n) is 19.0. The molecule has 0 fully saturated rings. The number of hydrogen-bond donors (Lipinski definition) is 0. The first-order chi connectivity index (χ1) is 27.7.